The molecule has 0 aliphatic carbocycles. The van der Waals surface area contributed by atoms with Gasteiger partial charge in [0.2, 0.25) is 0 Å². The minimum Gasteiger partial charge on any atom is -0.462 e. The first kappa shape index (κ1) is 18.5. The van der Waals surface area contributed by atoms with Gasteiger partial charge < -0.3 is 4.74 Å². The lowest BCUT2D eigenvalue weighted by molar-refractivity contribution is -0.136. The van der Waals surface area contributed by atoms with Crippen LogP contribution < -0.4 is 0 Å². The molecule has 0 saturated carbocycles. The maximum Gasteiger partial charge on any atom is 0.340 e. The molecule has 0 heterocycles. The molecule has 0 bridgehead atoms. The van der Waals surface area contributed by atoms with Crippen LogP contribution in [0.3, 0.4) is 0 Å². The van der Waals surface area contributed by atoms with Gasteiger partial charge in [-0.1, -0.05) is 85.8 Å². The SMILES string of the molecule is CCCCC#C/C(=C(\C(=O)OCC)c1ccccc1)c1ccccc1. The highest BCUT2D eigenvalue weighted by Crippen LogP contribution is 2.27. The summed E-state index contributed by atoms with van der Waals surface area (Å²) in [5, 5.41) is 0. The molecule has 0 saturated heterocycles. The van der Waals surface area contributed by atoms with Gasteiger partial charge in [-0.15, -0.1) is 0 Å². The second-order valence-corrected chi connectivity index (χ2v) is 5.61. The number of ether oxygens (including phenoxy) is 1. The minimum absolute atomic E-state index is 0.334. The van der Waals surface area contributed by atoms with Crippen LogP contribution in [0.2, 0.25) is 0 Å². The zero-order valence-electron chi connectivity index (χ0n) is 14.9. The third kappa shape index (κ3) is 5.36. The molecule has 0 aliphatic rings. The summed E-state index contributed by atoms with van der Waals surface area (Å²) in [5.41, 5.74) is 3.00. The highest BCUT2D eigenvalue weighted by atomic mass is 16.5. The van der Waals surface area contributed by atoms with Gasteiger partial charge in [-0.2, -0.15) is 0 Å². The van der Waals surface area contributed by atoms with Gasteiger partial charge in [-0.05, 0) is 24.5 Å². The molecule has 2 aromatic rings. The first-order valence-electron chi connectivity index (χ1n) is 8.79. The van der Waals surface area contributed by atoms with Crippen LogP contribution in [0.5, 0.6) is 0 Å². The Bertz CT molecular complexity index is 762. The normalized spacial score (nSPS) is 11.1. The van der Waals surface area contributed by atoms with Crippen LogP contribution >= 0.6 is 0 Å². The maximum absolute atomic E-state index is 12.7. The third-order valence-electron chi connectivity index (χ3n) is 3.72. The lowest BCUT2D eigenvalue weighted by Crippen LogP contribution is -2.09. The molecule has 128 valence electrons. The summed E-state index contributed by atoms with van der Waals surface area (Å²) in [5.74, 6) is 6.12. The van der Waals surface area contributed by atoms with Crippen molar-refractivity contribution >= 4 is 17.1 Å². The standard InChI is InChI=1S/C23H24O2/c1-3-5-6-13-18-21(19-14-9-7-10-15-19)22(23(24)25-4-2)20-16-11-8-12-17-20/h7-12,14-17H,3-6H2,1-2H3/b22-21+. The van der Waals surface area contributed by atoms with E-state index >= 15 is 0 Å². The van der Waals surface area contributed by atoms with Gasteiger partial charge in [0.25, 0.3) is 0 Å². The summed E-state index contributed by atoms with van der Waals surface area (Å²) >= 11 is 0. The van der Waals surface area contributed by atoms with Crippen LogP contribution in [0.4, 0.5) is 0 Å². The fraction of sp³-hybridized carbons (Fsp3) is 0.261. The second-order valence-electron chi connectivity index (χ2n) is 5.61. The Balaban J connectivity index is 2.62. The number of unbranched alkanes of at least 4 members (excludes halogenated alkanes) is 2. The van der Waals surface area contributed by atoms with E-state index in [9.17, 15) is 4.79 Å². The molecule has 2 heteroatoms. The van der Waals surface area contributed by atoms with Gasteiger partial charge in [-0.25, -0.2) is 4.79 Å². The fourth-order valence-electron chi connectivity index (χ4n) is 2.47. The van der Waals surface area contributed by atoms with E-state index < -0.39 is 0 Å². The van der Waals surface area contributed by atoms with E-state index in [1.165, 1.54) is 0 Å². The predicted octanol–water partition coefficient (Wildman–Crippen LogP) is 5.35. The van der Waals surface area contributed by atoms with E-state index in [1.807, 2.05) is 67.6 Å². The van der Waals surface area contributed by atoms with Crippen LogP contribution in [0, 0.1) is 11.8 Å². The van der Waals surface area contributed by atoms with Gasteiger partial charge in [0.05, 0.1) is 12.2 Å². The van der Waals surface area contributed by atoms with Crippen molar-refractivity contribution in [2.24, 2.45) is 0 Å². The number of carbonyl (C=O) groups excluding carboxylic acids is 1. The van der Waals surface area contributed by atoms with E-state index in [1.54, 1.807) is 0 Å². The fourth-order valence-corrected chi connectivity index (χ4v) is 2.47. The molecule has 2 aromatic carbocycles. The molecule has 25 heavy (non-hydrogen) atoms. The van der Waals surface area contributed by atoms with E-state index in [4.69, 9.17) is 4.74 Å². The van der Waals surface area contributed by atoms with Crippen LogP contribution in [-0.4, -0.2) is 12.6 Å². The van der Waals surface area contributed by atoms with Crippen LogP contribution in [0.15, 0.2) is 60.7 Å². The molecule has 2 rings (SSSR count). The summed E-state index contributed by atoms with van der Waals surface area (Å²) in [7, 11) is 0. The number of hydrogen-bond acceptors (Lipinski definition) is 2. The van der Waals surface area contributed by atoms with E-state index in [-0.39, 0.29) is 5.97 Å². The highest BCUT2D eigenvalue weighted by molar-refractivity contribution is 6.26. The Labute approximate surface area is 150 Å². The third-order valence-corrected chi connectivity index (χ3v) is 3.72. The molecule has 0 amide bonds. The van der Waals surface area contributed by atoms with E-state index in [0.29, 0.717) is 12.2 Å². The van der Waals surface area contributed by atoms with Crippen molar-refractivity contribution in [2.45, 2.75) is 33.1 Å². The summed E-state index contributed by atoms with van der Waals surface area (Å²) in [6, 6.07) is 19.4. The number of benzene rings is 2. The largest absolute Gasteiger partial charge is 0.462 e. The van der Waals surface area contributed by atoms with Crippen LogP contribution in [-0.2, 0) is 9.53 Å². The average Bonchev–Trinajstić information content (AvgIpc) is 2.66. The van der Waals surface area contributed by atoms with Crippen LogP contribution in [0.25, 0.3) is 11.1 Å². The van der Waals surface area contributed by atoms with Crippen molar-refractivity contribution < 1.29 is 9.53 Å². The Kier molecular flexibility index (Phi) is 7.53. The molecule has 0 aliphatic heterocycles. The zero-order chi connectivity index (χ0) is 17.9. The molecule has 0 aromatic heterocycles. The van der Waals surface area contributed by atoms with Gasteiger partial charge >= 0.3 is 5.97 Å². The number of hydrogen-bond donors (Lipinski definition) is 0. The Morgan fingerprint density at radius 2 is 1.52 bits per heavy atom. The van der Waals surface area contributed by atoms with Gasteiger partial charge in [0.1, 0.15) is 0 Å². The van der Waals surface area contributed by atoms with Crippen molar-refractivity contribution in [2.75, 3.05) is 6.61 Å². The first-order valence-corrected chi connectivity index (χ1v) is 8.79. The summed E-state index contributed by atoms with van der Waals surface area (Å²) in [6.45, 7) is 4.29. The second kappa shape index (κ2) is 10.2. The molecule has 0 fully saturated rings. The maximum atomic E-state index is 12.7. The smallest absolute Gasteiger partial charge is 0.340 e. The van der Waals surface area contributed by atoms with Crippen molar-refractivity contribution in [3.63, 3.8) is 0 Å². The van der Waals surface area contributed by atoms with E-state index in [0.717, 1.165) is 36.0 Å². The summed E-state index contributed by atoms with van der Waals surface area (Å²) in [6.07, 6.45) is 2.97. The van der Waals surface area contributed by atoms with Crippen LogP contribution in [0.1, 0.15) is 44.2 Å². The molecule has 0 unspecified atom stereocenters. The number of esters is 1. The van der Waals surface area contributed by atoms with E-state index in [2.05, 4.69) is 18.8 Å². The van der Waals surface area contributed by atoms with Gasteiger partial charge in [-0.3, -0.25) is 0 Å². The van der Waals surface area contributed by atoms with Gasteiger partial charge in [0.15, 0.2) is 0 Å². The monoisotopic (exact) mass is 332 g/mol. The Hall–Kier alpha value is -2.79. The number of carbonyl (C=O) groups is 1. The molecular formula is C23H24O2. The number of allylic oxidation sites excluding steroid dienone is 1. The highest BCUT2D eigenvalue weighted by Gasteiger charge is 2.19. The minimum atomic E-state index is -0.336. The molecule has 0 spiro atoms. The topological polar surface area (TPSA) is 26.3 Å². The Morgan fingerprint density at radius 3 is 2.08 bits per heavy atom. The van der Waals surface area contributed by atoms with Crippen molar-refractivity contribution in [3.8, 4) is 11.8 Å². The zero-order valence-corrected chi connectivity index (χ0v) is 14.9. The van der Waals surface area contributed by atoms with Gasteiger partial charge in [0, 0.05) is 12.0 Å². The quantitative estimate of drug-likeness (QED) is 0.234. The average molecular weight is 332 g/mol. The van der Waals surface area contributed by atoms with Crippen molar-refractivity contribution in [1.82, 2.24) is 0 Å². The lowest BCUT2D eigenvalue weighted by atomic mass is 9.94. The lowest BCUT2D eigenvalue weighted by Gasteiger charge is -2.11. The molecule has 2 nitrogen and oxygen atoms in total. The summed E-state index contributed by atoms with van der Waals surface area (Å²) < 4.78 is 5.32. The van der Waals surface area contributed by atoms with Crippen molar-refractivity contribution in [3.05, 3.63) is 71.8 Å². The van der Waals surface area contributed by atoms with Crippen molar-refractivity contribution in [1.29, 1.82) is 0 Å². The molecular weight excluding hydrogens is 308 g/mol. The summed E-state index contributed by atoms with van der Waals surface area (Å²) in [4.78, 5) is 12.7. The Morgan fingerprint density at radius 1 is 0.920 bits per heavy atom. The predicted molar refractivity (Wildman–Crippen MR) is 104 cm³/mol. The number of rotatable bonds is 6. The molecule has 0 radical (unpaired) electrons. The first-order chi connectivity index (χ1) is 12.3. The molecule has 0 atom stereocenters. The molecule has 0 N–H and O–H groups in total.